The van der Waals surface area contributed by atoms with Crippen LogP contribution in [0.15, 0.2) is 60.7 Å². The van der Waals surface area contributed by atoms with Crippen LogP contribution in [0.2, 0.25) is 0 Å². The zero-order chi connectivity index (χ0) is 15.0. The number of hydrogen-bond acceptors (Lipinski definition) is 3. The molecule has 0 bridgehead atoms. The molecule has 0 N–H and O–H groups in total. The number of morpholine rings is 1. The fourth-order valence-corrected chi connectivity index (χ4v) is 2.71. The van der Waals surface area contributed by atoms with Crippen molar-refractivity contribution in [1.82, 2.24) is 4.90 Å². The molecule has 3 rings (SSSR count). The van der Waals surface area contributed by atoms with E-state index in [1.54, 1.807) is 0 Å². The number of ether oxygens (including phenoxy) is 2. The molecule has 1 heterocycles. The number of benzene rings is 2. The van der Waals surface area contributed by atoms with E-state index >= 15 is 0 Å². The smallest absolute Gasteiger partial charge is 0.0956 e. The third-order valence-corrected chi connectivity index (χ3v) is 3.99. The van der Waals surface area contributed by atoms with E-state index in [4.69, 9.17) is 9.47 Å². The van der Waals surface area contributed by atoms with Gasteiger partial charge in [-0.05, 0) is 11.1 Å². The van der Waals surface area contributed by atoms with Crippen LogP contribution in [0.3, 0.4) is 0 Å². The third-order valence-electron chi connectivity index (χ3n) is 3.99. The molecule has 3 heteroatoms. The van der Waals surface area contributed by atoms with Crippen LogP contribution in [0, 0.1) is 0 Å². The lowest BCUT2D eigenvalue weighted by Crippen LogP contribution is -2.39. The first-order valence-corrected chi connectivity index (χ1v) is 7.92. The van der Waals surface area contributed by atoms with Gasteiger partial charge in [-0.15, -0.1) is 0 Å². The average molecular weight is 297 g/mol. The van der Waals surface area contributed by atoms with Crippen molar-refractivity contribution in [3.05, 3.63) is 71.8 Å². The predicted octanol–water partition coefficient (Wildman–Crippen LogP) is 3.28. The maximum atomic E-state index is 6.23. The second-order valence-corrected chi connectivity index (χ2v) is 5.61. The highest BCUT2D eigenvalue weighted by molar-refractivity contribution is 5.19. The minimum Gasteiger partial charge on any atom is -0.379 e. The first-order chi connectivity index (χ1) is 10.9. The topological polar surface area (TPSA) is 21.7 Å². The maximum absolute atomic E-state index is 6.23. The summed E-state index contributed by atoms with van der Waals surface area (Å²) in [7, 11) is 0. The van der Waals surface area contributed by atoms with Crippen LogP contribution < -0.4 is 0 Å². The summed E-state index contributed by atoms with van der Waals surface area (Å²) in [6.07, 6.45) is 0.0968. The minimum absolute atomic E-state index is 0.0968. The summed E-state index contributed by atoms with van der Waals surface area (Å²) in [4.78, 5) is 2.42. The van der Waals surface area contributed by atoms with Crippen LogP contribution in [-0.2, 0) is 16.1 Å². The van der Waals surface area contributed by atoms with Gasteiger partial charge in [-0.1, -0.05) is 60.7 Å². The van der Waals surface area contributed by atoms with Gasteiger partial charge in [0.05, 0.1) is 25.9 Å². The van der Waals surface area contributed by atoms with Gasteiger partial charge in [0.2, 0.25) is 0 Å². The molecule has 3 nitrogen and oxygen atoms in total. The highest BCUT2D eigenvalue weighted by Crippen LogP contribution is 2.21. The van der Waals surface area contributed by atoms with E-state index in [0.717, 1.165) is 32.8 Å². The Kier molecular flexibility index (Phi) is 5.59. The zero-order valence-electron chi connectivity index (χ0n) is 12.9. The SMILES string of the molecule is c1ccc(CO[C@@H](CN2CCOCC2)c2ccccc2)cc1. The molecule has 0 aliphatic carbocycles. The molecule has 0 saturated carbocycles. The Bertz CT molecular complexity index is 538. The molecule has 0 unspecified atom stereocenters. The second-order valence-electron chi connectivity index (χ2n) is 5.61. The van der Waals surface area contributed by atoms with Gasteiger partial charge in [0.15, 0.2) is 0 Å². The number of hydrogen-bond donors (Lipinski definition) is 0. The summed E-state index contributed by atoms with van der Waals surface area (Å²) in [5.41, 5.74) is 2.45. The van der Waals surface area contributed by atoms with Gasteiger partial charge in [0.1, 0.15) is 0 Å². The van der Waals surface area contributed by atoms with E-state index in [-0.39, 0.29) is 6.10 Å². The van der Waals surface area contributed by atoms with E-state index in [1.165, 1.54) is 11.1 Å². The van der Waals surface area contributed by atoms with Crippen molar-refractivity contribution in [3.63, 3.8) is 0 Å². The van der Waals surface area contributed by atoms with Gasteiger partial charge in [-0.2, -0.15) is 0 Å². The highest BCUT2D eigenvalue weighted by atomic mass is 16.5. The molecule has 0 radical (unpaired) electrons. The summed E-state index contributed by atoms with van der Waals surface area (Å²) >= 11 is 0. The molecule has 1 atom stereocenters. The van der Waals surface area contributed by atoms with E-state index in [0.29, 0.717) is 6.61 Å². The van der Waals surface area contributed by atoms with E-state index in [2.05, 4.69) is 53.4 Å². The van der Waals surface area contributed by atoms with E-state index in [1.807, 2.05) is 12.1 Å². The number of rotatable bonds is 6. The van der Waals surface area contributed by atoms with Crippen LogP contribution >= 0.6 is 0 Å². The maximum Gasteiger partial charge on any atom is 0.0956 e. The average Bonchev–Trinajstić information content (AvgIpc) is 2.61. The predicted molar refractivity (Wildman–Crippen MR) is 87.7 cm³/mol. The quantitative estimate of drug-likeness (QED) is 0.817. The van der Waals surface area contributed by atoms with Gasteiger partial charge >= 0.3 is 0 Å². The van der Waals surface area contributed by atoms with Crippen LogP contribution in [-0.4, -0.2) is 37.7 Å². The summed E-state index contributed by atoms with van der Waals surface area (Å²) in [5.74, 6) is 0. The molecule has 2 aromatic carbocycles. The largest absolute Gasteiger partial charge is 0.379 e. The molecule has 116 valence electrons. The molecule has 0 amide bonds. The monoisotopic (exact) mass is 297 g/mol. The van der Waals surface area contributed by atoms with Crippen LogP contribution in [0.1, 0.15) is 17.2 Å². The molecule has 1 aliphatic heterocycles. The summed E-state index contributed by atoms with van der Waals surface area (Å²) in [6, 6.07) is 20.9. The molecule has 22 heavy (non-hydrogen) atoms. The molecular weight excluding hydrogens is 274 g/mol. The first-order valence-electron chi connectivity index (χ1n) is 7.92. The Morgan fingerprint density at radius 3 is 2.23 bits per heavy atom. The van der Waals surface area contributed by atoms with Gasteiger partial charge in [0, 0.05) is 19.6 Å². The third kappa shape index (κ3) is 4.41. The normalized spacial score (nSPS) is 17.3. The first kappa shape index (κ1) is 15.2. The Morgan fingerprint density at radius 1 is 0.909 bits per heavy atom. The zero-order valence-corrected chi connectivity index (χ0v) is 12.9. The Balaban J connectivity index is 1.65. The van der Waals surface area contributed by atoms with Crippen molar-refractivity contribution in [2.75, 3.05) is 32.8 Å². The van der Waals surface area contributed by atoms with Crippen LogP contribution in [0.5, 0.6) is 0 Å². The number of nitrogens with zero attached hydrogens (tertiary/aromatic N) is 1. The van der Waals surface area contributed by atoms with Crippen molar-refractivity contribution in [1.29, 1.82) is 0 Å². The minimum atomic E-state index is 0.0968. The van der Waals surface area contributed by atoms with Crippen molar-refractivity contribution in [3.8, 4) is 0 Å². The van der Waals surface area contributed by atoms with Gasteiger partial charge in [-0.3, -0.25) is 4.90 Å². The molecule has 1 saturated heterocycles. The molecule has 1 fully saturated rings. The van der Waals surface area contributed by atoms with Crippen LogP contribution in [0.25, 0.3) is 0 Å². The van der Waals surface area contributed by atoms with Crippen molar-refractivity contribution in [2.45, 2.75) is 12.7 Å². The van der Waals surface area contributed by atoms with E-state index < -0.39 is 0 Å². The Labute approximate surface area is 132 Å². The lowest BCUT2D eigenvalue weighted by molar-refractivity contribution is -0.0192. The highest BCUT2D eigenvalue weighted by Gasteiger charge is 2.18. The summed E-state index contributed by atoms with van der Waals surface area (Å²) < 4.78 is 11.7. The Morgan fingerprint density at radius 2 is 1.55 bits per heavy atom. The fraction of sp³-hybridized carbons (Fsp3) is 0.368. The lowest BCUT2D eigenvalue weighted by Gasteiger charge is -2.30. The summed E-state index contributed by atoms with van der Waals surface area (Å²) in [6.45, 7) is 5.17. The fourth-order valence-electron chi connectivity index (χ4n) is 2.71. The van der Waals surface area contributed by atoms with E-state index in [9.17, 15) is 0 Å². The van der Waals surface area contributed by atoms with Crippen molar-refractivity contribution >= 4 is 0 Å². The molecular formula is C19H23NO2. The van der Waals surface area contributed by atoms with Gasteiger partial charge in [-0.25, -0.2) is 0 Å². The van der Waals surface area contributed by atoms with Gasteiger partial charge < -0.3 is 9.47 Å². The molecule has 0 spiro atoms. The van der Waals surface area contributed by atoms with Crippen molar-refractivity contribution in [2.24, 2.45) is 0 Å². The molecule has 0 aromatic heterocycles. The van der Waals surface area contributed by atoms with Crippen LogP contribution in [0.4, 0.5) is 0 Å². The lowest BCUT2D eigenvalue weighted by atomic mass is 10.1. The van der Waals surface area contributed by atoms with Gasteiger partial charge in [0.25, 0.3) is 0 Å². The van der Waals surface area contributed by atoms with Crippen molar-refractivity contribution < 1.29 is 9.47 Å². The second kappa shape index (κ2) is 8.08. The standard InChI is InChI=1S/C19H23NO2/c1-3-7-17(8-4-1)16-22-19(18-9-5-2-6-10-18)15-20-11-13-21-14-12-20/h1-10,19H,11-16H2/t19-/m0/s1. The Hall–Kier alpha value is -1.68. The molecule has 1 aliphatic rings. The molecule has 2 aromatic rings. The summed E-state index contributed by atoms with van der Waals surface area (Å²) in [5, 5.41) is 0.